The van der Waals surface area contributed by atoms with Crippen molar-refractivity contribution in [2.24, 2.45) is 0 Å². The molecule has 0 aliphatic carbocycles. The number of ether oxygens (including phenoxy) is 1. The lowest BCUT2D eigenvalue weighted by molar-refractivity contribution is 0.223. The van der Waals surface area contributed by atoms with Crippen LogP contribution in [0.3, 0.4) is 0 Å². The summed E-state index contributed by atoms with van der Waals surface area (Å²) in [5, 5.41) is 11.2. The Morgan fingerprint density at radius 2 is 2.24 bits per heavy atom. The maximum atomic E-state index is 11.7. The van der Waals surface area contributed by atoms with Crippen LogP contribution in [-0.4, -0.2) is 31.6 Å². The Bertz CT molecular complexity index is 426. The van der Waals surface area contributed by atoms with Crippen molar-refractivity contribution in [3.05, 3.63) is 24.3 Å². The molecule has 1 N–H and O–H groups in total. The number of benzene rings is 1. The van der Waals surface area contributed by atoms with Gasteiger partial charge in [-0.2, -0.15) is 5.26 Å². The van der Waals surface area contributed by atoms with E-state index in [1.807, 2.05) is 18.2 Å². The maximum absolute atomic E-state index is 11.7. The molecule has 5 heteroatoms. The smallest absolute Gasteiger partial charge is 0.321 e. The summed E-state index contributed by atoms with van der Waals surface area (Å²) in [5.74, 6) is 0.606. The number of carbonyl (C=O) groups excluding carboxylic acids is 1. The molecule has 0 aromatic heterocycles. The first-order chi connectivity index (χ1) is 8.19. The molecule has 0 fully saturated rings. The van der Waals surface area contributed by atoms with Gasteiger partial charge in [0, 0.05) is 13.6 Å². The number of anilines is 1. The van der Waals surface area contributed by atoms with Crippen molar-refractivity contribution >= 4 is 11.7 Å². The van der Waals surface area contributed by atoms with Gasteiger partial charge in [-0.15, -0.1) is 0 Å². The van der Waals surface area contributed by atoms with Gasteiger partial charge in [-0.1, -0.05) is 12.1 Å². The van der Waals surface area contributed by atoms with Crippen molar-refractivity contribution in [1.82, 2.24) is 4.90 Å². The molecule has 1 rings (SSSR count). The summed E-state index contributed by atoms with van der Waals surface area (Å²) in [6, 6.07) is 8.90. The zero-order chi connectivity index (χ0) is 12.7. The van der Waals surface area contributed by atoms with Gasteiger partial charge in [0.25, 0.3) is 0 Å². The van der Waals surface area contributed by atoms with E-state index in [9.17, 15) is 4.79 Å². The van der Waals surface area contributed by atoms with Gasteiger partial charge in [-0.05, 0) is 12.1 Å². The minimum Gasteiger partial charge on any atom is -0.495 e. The zero-order valence-electron chi connectivity index (χ0n) is 9.93. The fraction of sp³-hybridized carbons (Fsp3) is 0.333. The standard InChI is InChI=1S/C12H15N3O2/c1-15(9-5-8-13)12(16)14-10-6-3-4-7-11(10)17-2/h3-4,6-7H,5,9H2,1-2H3,(H,14,16). The third-order valence-electron chi connectivity index (χ3n) is 2.25. The van der Waals surface area contributed by atoms with Gasteiger partial charge in [-0.25, -0.2) is 4.79 Å². The van der Waals surface area contributed by atoms with E-state index < -0.39 is 0 Å². The summed E-state index contributed by atoms with van der Waals surface area (Å²) in [4.78, 5) is 13.2. The van der Waals surface area contributed by atoms with Crippen LogP contribution in [0.4, 0.5) is 10.5 Å². The van der Waals surface area contributed by atoms with Crippen molar-refractivity contribution in [1.29, 1.82) is 5.26 Å². The van der Waals surface area contributed by atoms with E-state index in [0.29, 0.717) is 24.4 Å². The highest BCUT2D eigenvalue weighted by Crippen LogP contribution is 2.23. The number of methoxy groups -OCH3 is 1. The van der Waals surface area contributed by atoms with E-state index in [1.165, 1.54) is 4.90 Å². The van der Waals surface area contributed by atoms with Crippen molar-refractivity contribution < 1.29 is 9.53 Å². The van der Waals surface area contributed by atoms with Gasteiger partial charge in [0.15, 0.2) is 0 Å². The molecule has 0 heterocycles. The monoisotopic (exact) mass is 233 g/mol. The van der Waals surface area contributed by atoms with Gasteiger partial charge >= 0.3 is 6.03 Å². The summed E-state index contributed by atoms with van der Waals surface area (Å²) in [5.41, 5.74) is 0.615. The third-order valence-corrected chi connectivity index (χ3v) is 2.25. The van der Waals surface area contributed by atoms with Crippen LogP contribution in [0, 0.1) is 11.3 Å². The number of amides is 2. The van der Waals surface area contributed by atoms with E-state index in [1.54, 1.807) is 26.3 Å². The van der Waals surface area contributed by atoms with Crippen molar-refractivity contribution in [3.63, 3.8) is 0 Å². The minimum absolute atomic E-state index is 0.259. The molecule has 0 saturated carbocycles. The summed E-state index contributed by atoms with van der Waals surface area (Å²) < 4.78 is 5.12. The third kappa shape index (κ3) is 3.68. The Morgan fingerprint density at radius 3 is 2.88 bits per heavy atom. The van der Waals surface area contributed by atoms with Gasteiger partial charge in [0.2, 0.25) is 0 Å². The Balaban J connectivity index is 2.64. The Morgan fingerprint density at radius 1 is 1.53 bits per heavy atom. The second kappa shape index (κ2) is 6.38. The second-order valence-electron chi connectivity index (χ2n) is 3.46. The number of hydrogen-bond acceptors (Lipinski definition) is 3. The van der Waals surface area contributed by atoms with Gasteiger partial charge in [-0.3, -0.25) is 0 Å². The Kier molecular flexibility index (Phi) is 4.82. The van der Waals surface area contributed by atoms with Gasteiger partial charge in [0.1, 0.15) is 5.75 Å². The van der Waals surface area contributed by atoms with Crippen molar-refractivity contribution in [2.75, 3.05) is 26.0 Å². The average Bonchev–Trinajstić information content (AvgIpc) is 2.36. The molecule has 0 radical (unpaired) electrons. The zero-order valence-corrected chi connectivity index (χ0v) is 9.93. The number of para-hydroxylation sites is 2. The van der Waals surface area contributed by atoms with Crippen LogP contribution in [0.1, 0.15) is 6.42 Å². The first-order valence-corrected chi connectivity index (χ1v) is 5.21. The number of hydrogen-bond donors (Lipinski definition) is 1. The number of nitrogens with one attached hydrogen (secondary N) is 1. The highest BCUT2D eigenvalue weighted by Gasteiger charge is 2.10. The number of rotatable bonds is 4. The Labute approximate surface area is 101 Å². The molecule has 0 atom stereocenters. The molecule has 0 bridgehead atoms. The van der Waals surface area contributed by atoms with Crippen LogP contribution in [0.25, 0.3) is 0 Å². The number of nitrogens with zero attached hydrogens (tertiary/aromatic N) is 2. The molecule has 5 nitrogen and oxygen atoms in total. The summed E-state index contributed by atoms with van der Waals surface area (Å²) in [6.45, 7) is 0.400. The maximum Gasteiger partial charge on any atom is 0.321 e. The van der Waals surface area contributed by atoms with Crippen molar-refractivity contribution in [2.45, 2.75) is 6.42 Å². The van der Waals surface area contributed by atoms with E-state index in [0.717, 1.165) is 0 Å². The number of nitriles is 1. The second-order valence-corrected chi connectivity index (χ2v) is 3.46. The summed E-state index contributed by atoms with van der Waals surface area (Å²) >= 11 is 0. The molecule has 17 heavy (non-hydrogen) atoms. The SMILES string of the molecule is COc1ccccc1NC(=O)N(C)CCC#N. The van der Waals surface area contributed by atoms with Gasteiger partial charge < -0.3 is 15.0 Å². The molecule has 2 amide bonds. The molecule has 90 valence electrons. The normalized spacial score (nSPS) is 9.24. The topological polar surface area (TPSA) is 65.4 Å². The number of carbonyl (C=O) groups is 1. The quantitative estimate of drug-likeness (QED) is 0.865. The highest BCUT2D eigenvalue weighted by atomic mass is 16.5. The molecule has 0 saturated heterocycles. The van der Waals surface area contributed by atoms with Crippen LogP contribution < -0.4 is 10.1 Å². The summed E-state index contributed by atoms with van der Waals surface area (Å²) in [7, 11) is 3.19. The minimum atomic E-state index is -0.259. The van der Waals surface area contributed by atoms with Crippen LogP contribution >= 0.6 is 0 Å². The molecular formula is C12H15N3O2. The van der Waals surface area contributed by atoms with E-state index in [2.05, 4.69) is 5.32 Å². The largest absolute Gasteiger partial charge is 0.495 e. The molecule has 0 aliphatic heterocycles. The molecule has 1 aromatic rings. The predicted octanol–water partition coefficient (Wildman–Crippen LogP) is 2.07. The highest BCUT2D eigenvalue weighted by molar-refractivity contribution is 5.90. The number of urea groups is 1. The average molecular weight is 233 g/mol. The molecule has 1 aromatic carbocycles. The predicted molar refractivity (Wildman–Crippen MR) is 64.9 cm³/mol. The Hall–Kier alpha value is -2.22. The summed E-state index contributed by atoms with van der Waals surface area (Å²) in [6.07, 6.45) is 0.315. The first-order valence-electron chi connectivity index (χ1n) is 5.21. The van der Waals surface area contributed by atoms with Crippen LogP contribution in [-0.2, 0) is 0 Å². The van der Waals surface area contributed by atoms with E-state index >= 15 is 0 Å². The first kappa shape index (κ1) is 12.8. The van der Waals surface area contributed by atoms with E-state index in [-0.39, 0.29) is 6.03 Å². The fourth-order valence-corrected chi connectivity index (χ4v) is 1.28. The lowest BCUT2D eigenvalue weighted by atomic mass is 10.3. The lowest BCUT2D eigenvalue weighted by Crippen LogP contribution is -2.32. The van der Waals surface area contributed by atoms with E-state index in [4.69, 9.17) is 10.00 Å². The lowest BCUT2D eigenvalue weighted by Gasteiger charge is -2.17. The molecule has 0 spiro atoms. The fourth-order valence-electron chi connectivity index (χ4n) is 1.28. The van der Waals surface area contributed by atoms with Crippen molar-refractivity contribution in [3.8, 4) is 11.8 Å². The molecular weight excluding hydrogens is 218 g/mol. The van der Waals surface area contributed by atoms with Crippen LogP contribution in [0.2, 0.25) is 0 Å². The molecule has 0 aliphatic rings. The van der Waals surface area contributed by atoms with Crippen LogP contribution in [0.5, 0.6) is 5.75 Å². The van der Waals surface area contributed by atoms with Crippen LogP contribution in [0.15, 0.2) is 24.3 Å². The van der Waals surface area contributed by atoms with Gasteiger partial charge in [0.05, 0.1) is 25.3 Å². The molecule has 0 unspecified atom stereocenters.